The number of carbonyl (C=O) groups excluding carboxylic acids is 2. The lowest BCUT2D eigenvalue weighted by atomic mass is 10.1. The van der Waals surface area contributed by atoms with E-state index in [1.165, 1.54) is 12.3 Å². The number of nitrogens with zero attached hydrogens (tertiary/aromatic N) is 1. The third kappa shape index (κ3) is 7.48. The Kier molecular flexibility index (Phi) is 9.33. The average molecular weight is 519 g/mol. The lowest BCUT2D eigenvalue weighted by Crippen LogP contribution is -2.50. The molecule has 0 aromatic heterocycles. The van der Waals surface area contributed by atoms with E-state index in [-0.39, 0.29) is 11.4 Å². The second-order valence-corrected chi connectivity index (χ2v) is 8.59. The second-order valence-electron chi connectivity index (χ2n) is 7.34. The van der Waals surface area contributed by atoms with E-state index in [4.69, 9.17) is 39.5 Å². The van der Waals surface area contributed by atoms with Crippen molar-refractivity contribution in [2.75, 3.05) is 0 Å². The zero-order chi connectivity index (χ0) is 24.5. The van der Waals surface area contributed by atoms with Crippen molar-refractivity contribution in [3.05, 3.63) is 99.0 Å². The van der Waals surface area contributed by atoms with Crippen LogP contribution in [0.3, 0.4) is 0 Å². The van der Waals surface area contributed by atoms with E-state index >= 15 is 0 Å². The molecule has 34 heavy (non-hydrogen) atoms. The maximum atomic E-state index is 12.9. The molecule has 2 atom stereocenters. The topological polar surface area (TPSA) is 79.8 Å². The molecule has 0 saturated carbocycles. The van der Waals surface area contributed by atoms with Crippen molar-refractivity contribution in [3.63, 3.8) is 0 Å². The molecule has 2 amide bonds. The highest BCUT2D eigenvalue weighted by molar-refractivity contribution is 6.35. The van der Waals surface area contributed by atoms with Gasteiger partial charge in [-0.2, -0.15) is 5.10 Å². The molecule has 0 bridgehead atoms. The first-order valence-corrected chi connectivity index (χ1v) is 11.5. The predicted molar refractivity (Wildman–Crippen MR) is 136 cm³/mol. The number of hydrazone groups is 1. The van der Waals surface area contributed by atoms with Crippen LogP contribution in [0, 0.1) is 0 Å². The summed E-state index contributed by atoms with van der Waals surface area (Å²) in [5, 5.41) is 7.94. The van der Waals surface area contributed by atoms with Gasteiger partial charge in [0.2, 0.25) is 0 Å². The van der Waals surface area contributed by atoms with E-state index < -0.39 is 24.0 Å². The van der Waals surface area contributed by atoms with Crippen LogP contribution in [0.2, 0.25) is 15.1 Å². The molecule has 0 unspecified atom stereocenters. The highest BCUT2D eigenvalue weighted by Gasteiger charge is 2.25. The van der Waals surface area contributed by atoms with Gasteiger partial charge in [-0.25, -0.2) is 5.43 Å². The van der Waals surface area contributed by atoms with E-state index in [0.717, 1.165) is 5.56 Å². The Morgan fingerprint density at radius 1 is 0.941 bits per heavy atom. The van der Waals surface area contributed by atoms with Crippen molar-refractivity contribution in [1.82, 2.24) is 10.7 Å². The van der Waals surface area contributed by atoms with Crippen LogP contribution in [-0.2, 0) is 16.0 Å². The minimum absolute atomic E-state index is 0.258. The monoisotopic (exact) mass is 517 g/mol. The molecule has 0 fully saturated rings. The molecule has 9 heteroatoms. The van der Waals surface area contributed by atoms with Gasteiger partial charge in [-0.05, 0) is 36.8 Å². The number of rotatable bonds is 9. The molecule has 3 aromatic rings. The van der Waals surface area contributed by atoms with Gasteiger partial charge in [-0.1, -0.05) is 83.3 Å². The lowest BCUT2D eigenvalue weighted by Gasteiger charge is -2.21. The first-order valence-electron chi connectivity index (χ1n) is 10.4. The van der Waals surface area contributed by atoms with E-state index in [0.29, 0.717) is 21.4 Å². The second kappa shape index (κ2) is 12.4. The van der Waals surface area contributed by atoms with Crippen LogP contribution < -0.4 is 15.5 Å². The van der Waals surface area contributed by atoms with Crippen LogP contribution in [0.15, 0.2) is 77.9 Å². The molecule has 0 aliphatic carbocycles. The third-order valence-corrected chi connectivity index (χ3v) is 5.64. The van der Waals surface area contributed by atoms with Gasteiger partial charge in [0.05, 0.1) is 11.2 Å². The molecule has 0 saturated heterocycles. The van der Waals surface area contributed by atoms with E-state index in [9.17, 15) is 9.59 Å². The molecular formula is C25H22Cl3N3O3. The zero-order valence-corrected chi connectivity index (χ0v) is 20.4. The fourth-order valence-corrected chi connectivity index (χ4v) is 3.62. The minimum Gasteiger partial charge on any atom is -0.479 e. The number of benzene rings is 3. The van der Waals surface area contributed by atoms with Gasteiger partial charge in [0.25, 0.3) is 11.8 Å². The van der Waals surface area contributed by atoms with E-state index in [2.05, 4.69) is 15.8 Å². The zero-order valence-electron chi connectivity index (χ0n) is 18.2. The summed E-state index contributed by atoms with van der Waals surface area (Å²) in [4.78, 5) is 25.7. The summed E-state index contributed by atoms with van der Waals surface area (Å²) in [5.41, 5.74) is 3.98. The summed E-state index contributed by atoms with van der Waals surface area (Å²) < 4.78 is 5.67. The number of halogens is 3. The van der Waals surface area contributed by atoms with Gasteiger partial charge in [0.1, 0.15) is 11.8 Å². The van der Waals surface area contributed by atoms with Gasteiger partial charge in [-0.3, -0.25) is 9.59 Å². The van der Waals surface area contributed by atoms with Crippen LogP contribution in [-0.4, -0.2) is 30.2 Å². The number of ether oxygens (including phenoxy) is 1. The summed E-state index contributed by atoms with van der Waals surface area (Å²) in [7, 11) is 0. The van der Waals surface area contributed by atoms with Crippen molar-refractivity contribution in [2.24, 2.45) is 5.10 Å². The number of carbonyl (C=O) groups is 2. The maximum Gasteiger partial charge on any atom is 0.262 e. The predicted octanol–water partition coefficient (Wildman–Crippen LogP) is 5.29. The van der Waals surface area contributed by atoms with Gasteiger partial charge in [0.15, 0.2) is 6.10 Å². The van der Waals surface area contributed by atoms with Crippen LogP contribution in [0.5, 0.6) is 5.75 Å². The van der Waals surface area contributed by atoms with Crippen molar-refractivity contribution in [3.8, 4) is 5.75 Å². The Bertz CT molecular complexity index is 1170. The minimum atomic E-state index is -0.920. The number of nitrogens with one attached hydrogen (secondary N) is 2. The molecule has 0 heterocycles. The largest absolute Gasteiger partial charge is 0.479 e. The molecule has 6 nitrogen and oxygen atoms in total. The molecule has 3 rings (SSSR count). The summed E-state index contributed by atoms with van der Waals surface area (Å²) >= 11 is 18.1. The van der Waals surface area contributed by atoms with E-state index in [1.807, 2.05) is 36.4 Å². The highest BCUT2D eigenvalue weighted by atomic mass is 35.5. The average Bonchev–Trinajstić information content (AvgIpc) is 2.82. The normalized spacial score (nSPS) is 12.7. The fourth-order valence-electron chi connectivity index (χ4n) is 2.99. The van der Waals surface area contributed by atoms with E-state index in [1.54, 1.807) is 37.3 Å². The molecular weight excluding hydrogens is 497 g/mol. The van der Waals surface area contributed by atoms with Crippen LogP contribution in [0.25, 0.3) is 0 Å². The lowest BCUT2D eigenvalue weighted by molar-refractivity contribution is -0.132. The number of hydrogen-bond donors (Lipinski definition) is 2. The molecule has 176 valence electrons. The fraction of sp³-hybridized carbons (Fsp3) is 0.160. The molecule has 0 spiro atoms. The first-order chi connectivity index (χ1) is 16.3. The van der Waals surface area contributed by atoms with Crippen LogP contribution in [0.1, 0.15) is 18.1 Å². The summed E-state index contributed by atoms with van der Waals surface area (Å²) in [6, 6.07) is 20.2. The first kappa shape index (κ1) is 25.6. The molecule has 0 aliphatic rings. The van der Waals surface area contributed by atoms with Gasteiger partial charge in [0, 0.05) is 22.0 Å². The Morgan fingerprint density at radius 2 is 1.65 bits per heavy atom. The van der Waals surface area contributed by atoms with Gasteiger partial charge >= 0.3 is 0 Å². The Labute approximate surface area is 212 Å². The number of hydrogen-bond acceptors (Lipinski definition) is 4. The SMILES string of the molecule is C[C@H](Oc1ccc(Cl)cc1Cl)C(=O)N[C@@H](Cc1ccccc1)C(=O)N/N=C\c1ccccc1Cl. The standard InChI is InChI=1S/C25H22Cl3N3O3/c1-16(34-23-12-11-19(26)14-21(23)28)24(32)30-22(13-17-7-3-2-4-8-17)25(33)31-29-15-18-9-5-6-10-20(18)27/h2-12,14-16,22H,13H2,1H3,(H,30,32)(H,31,33)/b29-15-/t16-,22-/m0/s1. The smallest absolute Gasteiger partial charge is 0.262 e. The summed E-state index contributed by atoms with van der Waals surface area (Å²) in [6.45, 7) is 1.56. The Morgan fingerprint density at radius 3 is 2.35 bits per heavy atom. The molecule has 0 aliphatic heterocycles. The summed E-state index contributed by atoms with van der Waals surface area (Å²) in [6.07, 6.45) is 0.779. The van der Waals surface area contributed by atoms with Crippen LogP contribution >= 0.6 is 34.8 Å². The maximum absolute atomic E-state index is 12.9. The van der Waals surface area contributed by atoms with Crippen molar-refractivity contribution in [1.29, 1.82) is 0 Å². The number of amides is 2. The third-order valence-electron chi connectivity index (χ3n) is 4.77. The quantitative estimate of drug-likeness (QED) is 0.298. The molecule has 3 aromatic carbocycles. The van der Waals surface area contributed by atoms with Crippen molar-refractivity contribution in [2.45, 2.75) is 25.5 Å². The van der Waals surface area contributed by atoms with Crippen LogP contribution in [0.4, 0.5) is 0 Å². The van der Waals surface area contributed by atoms with Gasteiger partial charge in [-0.15, -0.1) is 0 Å². The molecule has 0 radical (unpaired) electrons. The summed E-state index contributed by atoms with van der Waals surface area (Å²) in [5.74, 6) is -0.670. The van der Waals surface area contributed by atoms with Crippen molar-refractivity contribution >= 4 is 52.8 Å². The van der Waals surface area contributed by atoms with Gasteiger partial charge < -0.3 is 10.1 Å². The molecule has 2 N–H and O–H groups in total. The van der Waals surface area contributed by atoms with Crippen molar-refractivity contribution < 1.29 is 14.3 Å². The Balaban J connectivity index is 1.69. The Hall–Kier alpha value is -3.06. The highest BCUT2D eigenvalue weighted by Crippen LogP contribution is 2.28.